The summed E-state index contributed by atoms with van der Waals surface area (Å²) in [5.74, 6) is -0.0702. The number of aryl methyl sites for hydroxylation is 1. The fourth-order valence-electron chi connectivity index (χ4n) is 1.79. The SMILES string of the molecule is CCNc1ccc(C(=O)NCc2cscn2)cc1C. The maximum absolute atomic E-state index is 12.0. The van der Waals surface area contributed by atoms with Crippen molar-refractivity contribution < 1.29 is 4.79 Å². The summed E-state index contributed by atoms with van der Waals surface area (Å²) >= 11 is 1.53. The highest BCUT2D eigenvalue weighted by atomic mass is 32.1. The van der Waals surface area contributed by atoms with E-state index in [1.807, 2.05) is 37.4 Å². The first-order valence-electron chi connectivity index (χ1n) is 6.20. The number of aromatic nitrogens is 1. The molecule has 0 bridgehead atoms. The Balaban J connectivity index is 2.01. The predicted octanol–water partition coefficient (Wildman–Crippen LogP) is 2.81. The molecule has 2 aromatic rings. The summed E-state index contributed by atoms with van der Waals surface area (Å²) in [6.45, 7) is 5.38. The molecule has 0 saturated carbocycles. The highest BCUT2D eigenvalue weighted by Gasteiger charge is 2.07. The molecule has 1 aromatic carbocycles. The molecule has 0 atom stereocenters. The molecular formula is C14H17N3OS. The molecule has 0 fully saturated rings. The zero-order valence-corrected chi connectivity index (χ0v) is 11.9. The van der Waals surface area contributed by atoms with Gasteiger partial charge < -0.3 is 10.6 Å². The zero-order valence-electron chi connectivity index (χ0n) is 11.1. The Labute approximate surface area is 116 Å². The van der Waals surface area contributed by atoms with E-state index in [4.69, 9.17) is 0 Å². The van der Waals surface area contributed by atoms with Gasteiger partial charge in [0.25, 0.3) is 5.91 Å². The van der Waals surface area contributed by atoms with E-state index in [-0.39, 0.29) is 5.91 Å². The predicted molar refractivity (Wildman–Crippen MR) is 78.6 cm³/mol. The molecular weight excluding hydrogens is 258 g/mol. The first kappa shape index (κ1) is 13.5. The van der Waals surface area contributed by atoms with Gasteiger partial charge >= 0.3 is 0 Å². The van der Waals surface area contributed by atoms with E-state index in [1.54, 1.807) is 5.51 Å². The van der Waals surface area contributed by atoms with Crippen LogP contribution < -0.4 is 10.6 Å². The maximum atomic E-state index is 12.0. The second-order valence-corrected chi connectivity index (χ2v) is 4.94. The van der Waals surface area contributed by atoms with Crippen LogP contribution in [0.25, 0.3) is 0 Å². The number of anilines is 1. The third-order valence-electron chi connectivity index (χ3n) is 2.77. The van der Waals surface area contributed by atoms with Gasteiger partial charge in [-0.25, -0.2) is 4.98 Å². The number of thiazole rings is 1. The monoisotopic (exact) mass is 275 g/mol. The lowest BCUT2D eigenvalue weighted by atomic mass is 10.1. The zero-order chi connectivity index (χ0) is 13.7. The summed E-state index contributed by atoms with van der Waals surface area (Å²) in [6.07, 6.45) is 0. The number of nitrogens with one attached hydrogen (secondary N) is 2. The maximum Gasteiger partial charge on any atom is 0.251 e. The number of amides is 1. The molecule has 1 amide bonds. The van der Waals surface area contributed by atoms with Crippen molar-refractivity contribution in [2.45, 2.75) is 20.4 Å². The lowest BCUT2D eigenvalue weighted by Crippen LogP contribution is -2.23. The van der Waals surface area contributed by atoms with Crippen LogP contribution >= 0.6 is 11.3 Å². The molecule has 0 aliphatic carbocycles. The topological polar surface area (TPSA) is 54.0 Å². The molecule has 2 rings (SSSR count). The third kappa shape index (κ3) is 3.54. The molecule has 5 heteroatoms. The van der Waals surface area contributed by atoms with E-state index in [0.717, 1.165) is 23.5 Å². The lowest BCUT2D eigenvalue weighted by Gasteiger charge is -2.09. The third-order valence-corrected chi connectivity index (χ3v) is 3.40. The minimum Gasteiger partial charge on any atom is -0.385 e. The number of nitrogens with zero attached hydrogens (tertiary/aromatic N) is 1. The van der Waals surface area contributed by atoms with Crippen molar-refractivity contribution in [1.29, 1.82) is 0 Å². The first-order chi connectivity index (χ1) is 9.20. The number of hydrogen-bond acceptors (Lipinski definition) is 4. The lowest BCUT2D eigenvalue weighted by molar-refractivity contribution is 0.0950. The van der Waals surface area contributed by atoms with Crippen LogP contribution in [0.3, 0.4) is 0 Å². The van der Waals surface area contributed by atoms with Gasteiger partial charge in [0.1, 0.15) is 0 Å². The number of hydrogen-bond donors (Lipinski definition) is 2. The average Bonchev–Trinajstić information content (AvgIpc) is 2.91. The Bertz CT molecular complexity index is 552. The second kappa shape index (κ2) is 6.33. The molecule has 0 aliphatic rings. The summed E-state index contributed by atoms with van der Waals surface area (Å²) in [5.41, 5.74) is 5.46. The normalized spacial score (nSPS) is 10.2. The molecule has 0 spiro atoms. The Kier molecular flexibility index (Phi) is 4.52. The standard InChI is InChI=1S/C14H17N3OS/c1-3-15-13-5-4-11(6-10(13)2)14(18)16-7-12-8-19-9-17-12/h4-6,8-9,15H,3,7H2,1-2H3,(H,16,18). The van der Waals surface area contributed by atoms with Crippen molar-refractivity contribution in [3.8, 4) is 0 Å². The van der Waals surface area contributed by atoms with Crippen LogP contribution in [0.15, 0.2) is 29.1 Å². The number of carbonyl (C=O) groups is 1. The van der Waals surface area contributed by atoms with Gasteiger partial charge in [-0.3, -0.25) is 4.79 Å². The summed E-state index contributed by atoms with van der Waals surface area (Å²) in [5, 5.41) is 8.05. The molecule has 2 N–H and O–H groups in total. The largest absolute Gasteiger partial charge is 0.385 e. The van der Waals surface area contributed by atoms with Crippen molar-refractivity contribution in [2.75, 3.05) is 11.9 Å². The van der Waals surface area contributed by atoms with E-state index >= 15 is 0 Å². The second-order valence-electron chi connectivity index (χ2n) is 4.22. The van der Waals surface area contributed by atoms with Crippen LogP contribution in [0, 0.1) is 6.92 Å². The van der Waals surface area contributed by atoms with E-state index in [9.17, 15) is 4.79 Å². The first-order valence-corrected chi connectivity index (χ1v) is 7.14. The number of carbonyl (C=O) groups excluding carboxylic acids is 1. The quantitative estimate of drug-likeness (QED) is 0.882. The molecule has 19 heavy (non-hydrogen) atoms. The van der Waals surface area contributed by atoms with Gasteiger partial charge in [0.15, 0.2) is 0 Å². The van der Waals surface area contributed by atoms with Crippen molar-refractivity contribution in [3.05, 3.63) is 45.9 Å². The minimum atomic E-state index is -0.0702. The summed E-state index contributed by atoms with van der Waals surface area (Å²) in [4.78, 5) is 16.1. The molecule has 4 nitrogen and oxygen atoms in total. The van der Waals surface area contributed by atoms with Crippen molar-refractivity contribution in [3.63, 3.8) is 0 Å². The van der Waals surface area contributed by atoms with Gasteiger partial charge in [0.05, 0.1) is 17.7 Å². The van der Waals surface area contributed by atoms with Crippen LogP contribution in [0.2, 0.25) is 0 Å². The van der Waals surface area contributed by atoms with Gasteiger partial charge in [-0.2, -0.15) is 0 Å². The van der Waals surface area contributed by atoms with Crippen LogP contribution in [0.5, 0.6) is 0 Å². The van der Waals surface area contributed by atoms with Gasteiger partial charge in [0, 0.05) is 23.2 Å². The minimum absolute atomic E-state index is 0.0702. The van der Waals surface area contributed by atoms with Gasteiger partial charge in [-0.15, -0.1) is 11.3 Å². The van der Waals surface area contributed by atoms with Crippen LogP contribution in [0.1, 0.15) is 28.5 Å². The van der Waals surface area contributed by atoms with Crippen LogP contribution in [-0.4, -0.2) is 17.4 Å². The molecule has 1 aromatic heterocycles. The van der Waals surface area contributed by atoms with Gasteiger partial charge in [-0.1, -0.05) is 0 Å². The molecule has 0 unspecified atom stereocenters. The highest BCUT2D eigenvalue weighted by molar-refractivity contribution is 7.07. The molecule has 1 heterocycles. The molecule has 0 saturated heterocycles. The molecule has 100 valence electrons. The number of rotatable bonds is 5. The van der Waals surface area contributed by atoms with E-state index in [0.29, 0.717) is 12.1 Å². The van der Waals surface area contributed by atoms with Crippen molar-refractivity contribution >= 4 is 22.9 Å². The Hall–Kier alpha value is -1.88. The fourth-order valence-corrected chi connectivity index (χ4v) is 2.35. The van der Waals surface area contributed by atoms with Gasteiger partial charge in [0.2, 0.25) is 0 Å². The van der Waals surface area contributed by atoms with Crippen molar-refractivity contribution in [2.24, 2.45) is 0 Å². The Morgan fingerprint density at radius 1 is 1.42 bits per heavy atom. The fraction of sp³-hybridized carbons (Fsp3) is 0.286. The summed E-state index contributed by atoms with van der Waals surface area (Å²) in [6, 6.07) is 5.67. The Morgan fingerprint density at radius 3 is 2.89 bits per heavy atom. The van der Waals surface area contributed by atoms with E-state index in [2.05, 4.69) is 15.6 Å². The summed E-state index contributed by atoms with van der Waals surface area (Å²) < 4.78 is 0. The van der Waals surface area contributed by atoms with Gasteiger partial charge in [-0.05, 0) is 37.6 Å². The molecule has 0 radical (unpaired) electrons. The van der Waals surface area contributed by atoms with Crippen LogP contribution in [0.4, 0.5) is 5.69 Å². The average molecular weight is 275 g/mol. The molecule has 0 aliphatic heterocycles. The summed E-state index contributed by atoms with van der Waals surface area (Å²) in [7, 11) is 0. The Morgan fingerprint density at radius 2 is 2.26 bits per heavy atom. The van der Waals surface area contributed by atoms with Crippen LogP contribution in [-0.2, 0) is 6.54 Å². The van der Waals surface area contributed by atoms with E-state index in [1.165, 1.54) is 11.3 Å². The van der Waals surface area contributed by atoms with E-state index < -0.39 is 0 Å². The smallest absolute Gasteiger partial charge is 0.251 e. The number of benzene rings is 1. The van der Waals surface area contributed by atoms with Crippen molar-refractivity contribution in [1.82, 2.24) is 10.3 Å². The highest BCUT2D eigenvalue weighted by Crippen LogP contribution is 2.16.